The maximum atomic E-state index is 10.7. The van der Waals surface area contributed by atoms with Gasteiger partial charge >= 0.3 is 0 Å². The van der Waals surface area contributed by atoms with Crippen LogP contribution in [-0.4, -0.2) is 9.91 Å². The van der Waals surface area contributed by atoms with E-state index >= 15 is 0 Å². The quantitative estimate of drug-likeness (QED) is 0.462. The number of rotatable bonds is 4. The molecule has 0 saturated heterocycles. The van der Waals surface area contributed by atoms with Gasteiger partial charge in [0, 0.05) is 28.1 Å². The summed E-state index contributed by atoms with van der Waals surface area (Å²) in [6.07, 6.45) is 3.87. The van der Waals surface area contributed by atoms with Crippen molar-refractivity contribution in [3.8, 4) is 11.3 Å². The molecule has 2 aromatic carbocycles. The van der Waals surface area contributed by atoms with E-state index < -0.39 is 4.92 Å². The van der Waals surface area contributed by atoms with Gasteiger partial charge in [-0.15, -0.1) is 11.3 Å². The molecule has 114 valence electrons. The molecule has 23 heavy (non-hydrogen) atoms. The van der Waals surface area contributed by atoms with Crippen LogP contribution in [0.25, 0.3) is 23.4 Å². The number of hydrogen-bond acceptors (Lipinski definition) is 4. The average molecular weight is 343 g/mol. The second-order valence-electron chi connectivity index (χ2n) is 4.76. The summed E-state index contributed by atoms with van der Waals surface area (Å²) >= 11 is 7.46. The minimum Gasteiger partial charge on any atom is -0.258 e. The fraction of sp³-hybridized carbons (Fsp3) is 0. The average Bonchev–Trinajstić information content (AvgIpc) is 3.02. The van der Waals surface area contributed by atoms with Crippen molar-refractivity contribution in [2.75, 3.05) is 0 Å². The van der Waals surface area contributed by atoms with Gasteiger partial charge in [-0.05, 0) is 35.9 Å². The zero-order chi connectivity index (χ0) is 16.2. The van der Waals surface area contributed by atoms with Crippen molar-refractivity contribution in [3.05, 3.63) is 79.6 Å². The van der Waals surface area contributed by atoms with Gasteiger partial charge in [-0.1, -0.05) is 29.8 Å². The number of hydrogen-bond donors (Lipinski definition) is 0. The second-order valence-corrected chi connectivity index (χ2v) is 6.09. The first kappa shape index (κ1) is 15.4. The standard InChI is InChI=1S/C17H11ClN2O2S/c18-14-3-1-2-12(10-14)4-9-17-19-16(11-23-17)13-5-7-15(8-6-13)20(21)22/h1-11H/b9-4+. The lowest BCUT2D eigenvalue weighted by molar-refractivity contribution is -0.384. The number of halogens is 1. The van der Waals surface area contributed by atoms with Crippen LogP contribution in [0.5, 0.6) is 0 Å². The molecule has 0 atom stereocenters. The summed E-state index contributed by atoms with van der Waals surface area (Å²) < 4.78 is 0. The normalized spacial score (nSPS) is 11.0. The van der Waals surface area contributed by atoms with Gasteiger partial charge in [0.05, 0.1) is 10.6 Å². The van der Waals surface area contributed by atoms with E-state index in [0.717, 1.165) is 21.8 Å². The van der Waals surface area contributed by atoms with Crippen molar-refractivity contribution in [1.29, 1.82) is 0 Å². The molecule has 0 N–H and O–H groups in total. The largest absolute Gasteiger partial charge is 0.269 e. The molecule has 3 aromatic rings. The Morgan fingerprint density at radius 1 is 1.13 bits per heavy atom. The van der Waals surface area contributed by atoms with Crippen LogP contribution >= 0.6 is 22.9 Å². The monoisotopic (exact) mass is 342 g/mol. The highest BCUT2D eigenvalue weighted by atomic mass is 35.5. The first-order valence-electron chi connectivity index (χ1n) is 6.76. The summed E-state index contributed by atoms with van der Waals surface area (Å²) in [4.78, 5) is 14.8. The van der Waals surface area contributed by atoms with Gasteiger partial charge in [0.2, 0.25) is 0 Å². The Hall–Kier alpha value is -2.50. The van der Waals surface area contributed by atoms with Crippen molar-refractivity contribution in [3.63, 3.8) is 0 Å². The topological polar surface area (TPSA) is 56.0 Å². The Labute approximate surface area is 141 Å². The fourth-order valence-electron chi connectivity index (χ4n) is 2.03. The van der Waals surface area contributed by atoms with E-state index in [0.29, 0.717) is 5.02 Å². The molecule has 0 fully saturated rings. The van der Waals surface area contributed by atoms with Crippen molar-refractivity contribution < 1.29 is 4.92 Å². The van der Waals surface area contributed by atoms with Crippen molar-refractivity contribution in [1.82, 2.24) is 4.98 Å². The predicted octanol–water partition coefficient (Wildman–Crippen LogP) is 5.54. The maximum Gasteiger partial charge on any atom is 0.269 e. The van der Waals surface area contributed by atoms with Crippen LogP contribution in [0.3, 0.4) is 0 Å². The lowest BCUT2D eigenvalue weighted by Gasteiger charge is -1.96. The van der Waals surface area contributed by atoms with Crippen LogP contribution in [0.2, 0.25) is 5.02 Å². The minimum absolute atomic E-state index is 0.0741. The summed E-state index contributed by atoms with van der Waals surface area (Å²) in [5.74, 6) is 0. The number of aromatic nitrogens is 1. The van der Waals surface area contributed by atoms with Crippen molar-refractivity contribution in [2.45, 2.75) is 0 Å². The van der Waals surface area contributed by atoms with Crippen LogP contribution in [0.1, 0.15) is 10.6 Å². The highest BCUT2D eigenvalue weighted by Gasteiger charge is 2.07. The predicted molar refractivity (Wildman–Crippen MR) is 94.6 cm³/mol. The van der Waals surface area contributed by atoms with Crippen LogP contribution in [0.4, 0.5) is 5.69 Å². The third kappa shape index (κ3) is 3.83. The molecule has 4 nitrogen and oxygen atoms in total. The molecule has 0 aliphatic heterocycles. The van der Waals surface area contributed by atoms with Gasteiger partial charge in [0.25, 0.3) is 5.69 Å². The summed E-state index contributed by atoms with van der Waals surface area (Å²) in [7, 11) is 0. The molecule has 0 bridgehead atoms. The third-order valence-corrected chi connectivity index (χ3v) is 4.21. The molecule has 1 heterocycles. The van der Waals surface area contributed by atoms with Gasteiger partial charge in [-0.3, -0.25) is 10.1 Å². The summed E-state index contributed by atoms with van der Waals surface area (Å²) in [5, 5.41) is 14.2. The number of benzene rings is 2. The number of nitro groups is 1. The van der Waals surface area contributed by atoms with Crippen molar-refractivity contribution in [2.24, 2.45) is 0 Å². The molecule has 0 aliphatic rings. The minimum atomic E-state index is -0.413. The van der Waals surface area contributed by atoms with Gasteiger partial charge in [-0.25, -0.2) is 4.98 Å². The fourth-order valence-corrected chi connectivity index (χ4v) is 2.95. The molecule has 0 aliphatic carbocycles. The Balaban J connectivity index is 1.79. The molecule has 3 rings (SSSR count). The van der Waals surface area contributed by atoms with E-state index in [1.165, 1.54) is 23.5 Å². The Kier molecular flexibility index (Phi) is 4.50. The van der Waals surface area contributed by atoms with Crippen molar-refractivity contribution >= 4 is 40.8 Å². The molecule has 0 amide bonds. The zero-order valence-electron chi connectivity index (χ0n) is 11.8. The van der Waals surface area contributed by atoms with Gasteiger partial charge in [-0.2, -0.15) is 0 Å². The molecular formula is C17H11ClN2O2S. The SMILES string of the molecule is O=[N+]([O-])c1ccc(-c2csc(/C=C/c3cccc(Cl)c3)n2)cc1. The number of nitro benzene ring substituents is 1. The summed E-state index contributed by atoms with van der Waals surface area (Å²) in [6.45, 7) is 0. The zero-order valence-corrected chi connectivity index (χ0v) is 13.4. The van der Waals surface area contributed by atoms with Crippen LogP contribution in [0.15, 0.2) is 53.9 Å². The second kappa shape index (κ2) is 6.73. The van der Waals surface area contributed by atoms with E-state index in [4.69, 9.17) is 11.6 Å². The summed E-state index contributed by atoms with van der Waals surface area (Å²) in [6, 6.07) is 13.9. The molecule has 6 heteroatoms. The smallest absolute Gasteiger partial charge is 0.258 e. The molecule has 0 unspecified atom stereocenters. The van der Waals surface area contributed by atoms with E-state index in [2.05, 4.69) is 4.98 Å². The molecule has 0 saturated carbocycles. The number of thiazole rings is 1. The molecule has 0 radical (unpaired) electrons. The summed E-state index contributed by atoms with van der Waals surface area (Å²) in [5.41, 5.74) is 2.74. The Morgan fingerprint density at radius 3 is 2.61 bits per heavy atom. The number of non-ortho nitro benzene ring substituents is 1. The highest BCUT2D eigenvalue weighted by Crippen LogP contribution is 2.25. The molecular weight excluding hydrogens is 332 g/mol. The van der Waals surface area contributed by atoms with Crippen LogP contribution in [0, 0.1) is 10.1 Å². The van der Waals surface area contributed by atoms with Gasteiger partial charge in [0.15, 0.2) is 0 Å². The lowest BCUT2D eigenvalue weighted by atomic mass is 10.1. The highest BCUT2D eigenvalue weighted by molar-refractivity contribution is 7.10. The third-order valence-electron chi connectivity index (χ3n) is 3.16. The van der Waals surface area contributed by atoms with E-state index in [1.807, 2.05) is 41.8 Å². The Morgan fingerprint density at radius 2 is 1.91 bits per heavy atom. The first-order valence-corrected chi connectivity index (χ1v) is 8.01. The molecule has 1 aromatic heterocycles. The van der Waals surface area contributed by atoms with E-state index in [9.17, 15) is 10.1 Å². The van der Waals surface area contributed by atoms with E-state index in [1.54, 1.807) is 12.1 Å². The maximum absolute atomic E-state index is 10.7. The van der Waals surface area contributed by atoms with Crippen LogP contribution < -0.4 is 0 Å². The Bertz CT molecular complexity index is 872. The molecule has 0 spiro atoms. The lowest BCUT2D eigenvalue weighted by Crippen LogP contribution is -1.87. The van der Waals surface area contributed by atoms with Gasteiger partial charge < -0.3 is 0 Å². The van der Waals surface area contributed by atoms with Gasteiger partial charge in [0.1, 0.15) is 5.01 Å². The van der Waals surface area contributed by atoms with E-state index in [-0.39, 0.29) is 5.69 Å². The van der Waals surface area contributed by atoms with Crippen LogP contribution in [-0.2, 0) is 0 Å². The number of nitrogens with zero attached hydrogens (tertiary/aromatic N) is 2. The first-order chi connectivity index (χ1) is 11.1.